The first-order valence-electron chi connectivity index (χ1n) is 5.91. The van der Waals surface area contributed by atoms with Crippen molar-refractivity contribution in [2.24, 2.45) is 5.73 Å². The van der Waals surface area contributed by atoms with Gasteiger partial charge in [0.25, 0.3) is 0 Å². The summed E-state index contributed by atoms with van der Waals surface area (Å²) in [6.45, 7) is 0. The smallest absolute Gasteiger partial charge is 0.146 e. The second-order valence-electron chi connectivity index (χ2n) is 4.64. The first-order chi connectivity index (χ1) is 7.68. The van der Waals surface area contributed by atoms with Crippen LogP contribution in [0.4, 0.5) is 10.1 Å². The largest absolute Gasteiger partial charge is 0.369 e. The average molecular weight is 222 g/mol. The number of anilines is 1. The second-order valence-corrected chi connectivity index (χ2v) is 4.64. The fraction of sp³-hybridized carbons (Fsp3) is 0.538. The van der Waals surface area contributed by atoms with Crippen LogP contribution in [0.25, 0.3) is 0 Å². The molecule has 2 N–H and O–H groups in total. The quantitative estimate of drug-likeness (QED) is 0.833. The van der Waals surface area contributed by atoms with Gasteiger partial charge in [-0.15, -0.1) is 0 Å². The standard InChI is InChI=1S/C13H19FN2/c1-16(11-6-4-5-10(15)9-11)13-8-3-2-7-12(13)14/h2-3,7-8,10-11H,4-6,9,15H2,1H3. The van der Waals surface area contributed by atoms with Crippen molar-refractivity contribution in [1.29, 1.82) is 0 Å². The van der Waals surface area contributed by atoms with E-state index < -0.39 is 0 Å². The third-order valence-electron chi connectivity index (χ3n) is 3.47. The van der Waals surface area contributed by atoms with Crippen LogP contribution in [0.15, 0.2) is 24.3 Å². The van der Waals surface area contributed by atoms with Crippen LogP contribution in [-0.4, -0.2) is 19.1 Å². The van der Waals surface area contributed by atoms with Gasteiger partial charge in [0.2, 0.25) is 0 Å². The van der Waals surface area contributed by atoms with Gasteiger partial charge in [-0.1, -0.05) is 12.1 Å². The third kappa shape index (κ3) is 2.35. The summed E-state index contributed by atoms with van der Waals surface area (Å²) in [7, 11) is 1.96. The van der Waals surface area contributed by atoms with E-state index in [9.17, 15) is 4.39 Å². The number of nitrogens with zero attached hydrogens (tertiary/aromatic N) is 1. The maximum absolute atomic E-state index is 13.6. The SMILES string of the molecule is CN(c1ccccc1F)C1CCCC(N)C1. The lowest BCUT2D eigenvalue weighted by molar-refractivity contribution is 0.380. The molecule has 2 rings (SSSR count). The molecule has 0 spiro atoms. The first kappa shape index (κ1) is 11.4. The van der Waals surface area contributed by atoms with E-state index in [2.05, 4.69) is 0 Å². The lowest BCUT2D eigenvalue weighted by atomic mass is 9.90. The number of hydrogen-bond acceptors (Lipinski definition) is 2. The fourth-order valence-corrected chi connectivity index (χ4v) is 2.49. The van der Waals surface area contributed by atoms with Crippen molar-refractivity contribution in [1.82, 2.24) is 0 Å². The Hall–Kier alpha value is -1.09. The van der Waals surface area contributed by atoms with E-state index in [1.54, 1.807) is 6.07 Å². The van der Waals surface area contributed by atoms with Gasteiger partial charge >= 0.3 is 0 Å². The zero-order chi connectivity index (χ0) is 11.5. The molecule has 0 radical (unpaired) electrons. The molecule has 1 saturated carbocycles. The van der Waals surface area contributed by atoms with Crippen molar-refractivity contribution in [3.05, 3.63) is 30.1 Å². The summed E-state index contributed by atoms with van der Waals surface area (Å²) >= 11 is 0. The van der Waals surface area contributed by atoms with Crippen molar-refractivity contribution in [3.8, 4) is 0 Å². The molecule has 1 aliphatic carbocycles. The Morgan fingerprint density at radius 2 is 2.06 bits per heavy atom. The minimum Gasteiger partial charge on any atom is -0.369 e. The van der Waals surface area contributed by atoms with Crippen molar-refractivity contribution < 1.29 is 4.39 Å². The number of nitrogens with two attached hydrogens (primary N) is 1. The van der Waals surface area contributed by atoms with E-state index in [-0.39, 0.29) is 11.9 Å². The Bertz CT molecular complexity index is 354. The number of halogens is 1. The van der Waals surface area contributed by atoms with Gasteiger partial charge in [-0.25, -0.2) is 4.39 Å². The molecule has 3 heteroatoms. The molecule has 0 aliphatic heterocycles. The van der Waals surface area contributed by atoms with Gasteiger partial charge in [0.1, 0.15) is 5.82 Å². The molecule has 1 aromatic carbocycles. The normalized spacial score (nSPS) is 25.4. The molecule has 0 aromatic heterocycles. The van der Waals surface area contributed by atoms with Crippen LogP contribution in [0.1, 0.15) is 25.7 Å². The Morgan fingerprint density at radius 3 is 2.75 bits per heavy atom. The zero-order valence-electron chi connectivity index (χ0n) is 9.70. The summed E-state index contributed by atoms with van der Waals surface area (Å²) in [4.78, 5) is 2.04. The van der Waals surface area contributed by atoms with Gasteiger partial charge in [-0.05, 0) is 37.8 Å². The van der Waals surface area contributed by atoms with Gasteiger partial charge < -0.3 is 10.6 Å². The van der Waals surface area contributed by atoms with E-state index in [4.69, 9.17) is 5.73 Å². The van der Waals surface area contributed by atoms with Crippen molar-refractivity contribution in [3.63, 3.8) is 0 Å². The maximum atomic E-state index is 13.6. The lowest BCUT2D eigenvalue weighted by Gasteiger charge is -2.35. The molecule has 2 unspecified atom stereocenters. The van der Waals surface area contributed by atoms with Crippen LogP contribution in [0, 0.1) is 5.82 Å². The molecule has 0 saturated heterocycles. The highest BCUT2D eigenvalue weighted by atomic mass is 19.1. The summed E-state index contributed by atoms with van der Waals surface area (Å²) in [6.07, 6.45) is 4.32. The van der Waals surface area contributed by atoms with Crippen molar-refractivity contribution in [2.45, 2.75) is 37.8 Å². The lowest BCUT2D eigenvalue weighted by Crippen LogP contribution is -2.41. The van der Waals surface area contributed by atoms with Gasteiger partial charge in [-0.3, -0.25) is 0 Å². The van der Waals surface area contributed by atoms with Crippen LogP contribution in [0.3, 0.4) is 0 Å². The molecule has 1 fully saturated rings. The summed E-state index contributed by atoms with van der Waals surface area (Å²) in [6, 6.07) is 7.58. The second kappa shape index (κ2) is 4.83. The summed E-state index contributed by atoms with van der Waals surface area (Å²) in [5.74, 6) is -0.149. The van der Waals surface area contributed by atoms with E-state index >= 15 is 0 Å². The highest BCUT2D eigenvalue weighted by Gasteiger charge is 2.23. The van der Waals surface area contributed by atoms with Gasteiger partial charge in [0, 0.05) is 19.1 Å². The van der Waals surface area contributed by atoms with Gasteiger partial charge in [0.05, 0.1) is 5.69 Å². The van der Waals surface area contributed by atoms with Crippen molar-refractivity contribution in [2.75, 3.05) is 11.9 Å². The topological polar surface area (TPSA) is 29.3 Å². The fourth-order valence-electron chi connectivity index (χ4n) is 2.49. The Labute approximate surface area is 96.2 Å². The van der Waals surface area contributed by atoms with E-state index in [1.165, 1.54) is 6.07 Å². The third-order valence-corrected chi connectivity index (χ3v) is 3.47. The molecule has 0 heterocycles. The number of para-hydroxylation sites is 1. The molecule has 1 aromatic rings. The molecule has 0 bridgehead atoms. The summed E-state index contributed by atoms with van der Waals surface area (Å²) < 4.78 is 13.6. The number of rotatable bonds is 2. The Kier molecular flexibility index (Phi) is 3.44. The monoisotopic (exact) mass is 222 g/mol. The van der Waals surface area contributed by atoms with Crippen LogP contribution in [-0.2, 0) is 0 Å². The minimum absolute atomic E-state index is 0.149. The van der Waals surface area contributed by atoms with Gasteiger partial charge in [0.15, 0.2) is 0 Å². The minimum atomic E-state index is -0.149. The predicted molar refractivity (Wildman–Crippen MR) is 65.0 cm³/mol. The van der Waals surface area contributed by atoms with Gasteiger partial charge in [-0.2, -0.15) is 0 Å². The number of benzene rings is 1. The molecule has 2 nitrogen and oxygen atoms in total. The van der Waals surface area contributed by atoms with Crippen LogP contribution < -0.4 is 10.6 Å². The maximum Gasteiger partial charge on any atom is 0.146 e. The molecule has 1 aliphatic rings. The zero-order valence-corrected chi connectivity index (χ0v) is 9.70. The molecular formula is C13H19FN2. The van der Waals surface area contributed by atoms with Crippen molar-refractivity contribution >= 4 is 5.69 Å². The molecule has 0 amide bonds. The summed E-state index contributed by atoms with van der Waals surface area (Å²) in [5.41, 5.74) is 6.64. The van der Waals surface area contributed by atoms with E-state index in [0.717, 1.165) is 25.7 Å². The van der Waals surface area contributed by atoms with E-state index in [0.29, 0.717) is 11.7 Å². The molecular weight excluding hydrogens is 203 g/mol. The predicted octanol–water partition coefficient (Wildman–Crippen LogP) is 2.53. The molecule has 16 heavy (non-hydrogen) atoms. The molecule has 88 valence electrons. The Balaban J connectivity index is 2.12. The van der Waals surface area contributed by atoms with Crippen LogP contribution >= 0.6 is 0 Å². The van der Waals surface area contributed by atoms with Crippen LogP contribution in [0.5, 0.6) is 0 Å². The Morgan fingerprint density at radius 1 is 1.31 bits per heavy atom. The highest BCUT2D eigenvalue weighted by molar-refractivity contribution is 5.47. The first-order valence-corrected chi connectivity index (χ1v) is 5.91. The number of hydrogen-bond donors (Lipinski definition) is 1. The average Bonchev–Trinajstić information content (AvgIpc) is 2.29. The summed E-state index contributed by atoms with van der Waals surface area (Å²) in [5, 5.41) is 0. The molecule has 2 atom stereocenters. The van der Waals surface area contributed by atoms with E-state index in [1.807, 2.05) is 24.1 Å². The highest BCUT2D eigenvalue weighted by Crippen LogP contribution is 2.27. The van der Waals surface area contributed by atoms with Crippen LogP contribution in [0.2, 0.25) is 0 Å².